The van der Waals surface area contributed by atoms with Crippen molar-refractivity contribution in [2.45, 2.75) is 18.7 Å². The van der Waals surface area contributed by atoms with Gasteiger partial charge in [0.15, 0.2) is 0 Å². The Bertz CT molecular complexity index is 391. The van der Waals surface area contributed by atoms with Crippen LogP contribution in [0, 0.1) is 0 Å². The first kappa shape index (κ1) is 9.81. The molecule has 1 unspecified atom stereocenters. The van der Waals surface area contributed by atoms with Gasteiger partial charge in [-0.2, -0.15) is 0 Å². The van der Waals surface area contributed by atoms with Gasteiger partial charge in [0.05, 0.1) is 17.9 Å². The van der Waals surface area contributed by atoms with Gasteiger partial charge in [0.25, 0.3) is 0 Å². The molecule has 0 radical (unpaired) electrons. The highest BCUT2D eigenvalue weighted by atomic mass is 35.5. The fourth-order valence-electron chi connectivity index (χ4n) is 1.30. The largest absolute Gasteiger partial charge is 0.472 e. The molecule has 0 N–H and O–H groups in total. The lowest BCUT2D eigenvalue weighted by molar-refractivity contribution is 0.564. The van der Waals surface area contributed by atoms with Crippen molar-refractivity contribution in [3.05, 3.63) is 46.0 Å². The molecule has 2 aromatic rings. The Morgan fingerprint density at radius 3 is 2.86 bits per heavy atom. The van der Waals surface area contributed by atoms with Crippen molar-refractivity contribution in [2.75, 3.05) is 0 Å². The summed E-state index contributed by atoms with van der Waals surface area (Å²) in [6, 6.07) is 6.13. The summed E-state index contributed by atoms with van der Waals surface area (Å²) in [6.07, 6.45) is 4.42. The molecule has 2 heterocycles. The van der Waals surface area contributed by atoms with Crippen LogP contribution in [-0.4, -0.2) is 0 Å². The minimum absolute atomic E-state index is 0.0703. The van der Waals surface area contributed by atoms with Crippen molar-refractivity contribution in [1.29, 1.82) is 0 Å². The van der Waals surface area contributed by atoms with Crippen molar-refractivity contribution >= 4 is 22.9 Å². The van der Waals surface area contributed by atoms with Crippen LogP contribution in [0.1, 0.15) is 27.6 Å². The van der Waals surface area contributed by atoms with Crippen LogP contribution in [0.15, 0.2) is 35.1 Å². The average molecular weight is 227 g/mol. The lowest BCUT2D eigenvalue weighted by atomic mass is 10.2. The van der Waals surface area contributed by atoms with Gasteiger partial charge in [0, 0.05) is 15.3 Å². The summed E-state index contributed by atoms with van der Waals surface area (Å²) in [7, 11) is 0. The summed E-state index contributed by atoms with van der Waals surface area (Å²) in [5.41, 5.74) is 1.02. The van der Waals surface area contributed by atoms with Gasteiger partial charge < -0.3 is 4.42 Å². The molecule has 0 fully saturated rings. The Morgan fingerprint density at radius 2 is 2.29 bits per heavy atom. The molecule has 0 saturated heterocycles. The molecule has 1 nitrogen and oxygen atoms in total. The van der Waals surface area contributed by atoms with E-state index in [0.29, 0.717) is 0 Å². The Labute approximate surface area is 92.3 Å². The molecule has 0 bridgehead atoms. The monoisotopic (exact) mass is 226 g/mol. The smallest absolute Gasteiger partial charge is 0.0958 e. The van der Waals surface area contributed by atoms with Crippen molar-refractivity contribution in [1.82, 2.24) is 0 Å². The van der Waals surface area contributed by atoms with Gasteiger partial charge in [-0.1, -0.05) is 6.92 Å². The molecule has 1 atom stereocenters. The highest BCUT2D eigenvalue weighted by molar-refractivity contribution is 7.12. The normalized spacial score (nSPS) is 13.0. The van der Waals surface area contributed by atoms with Crippen molar-refractivity contribution in [3.63, 3.8) is 0 Å². The molecule has 0 aliphatic carbocycles. The van der Waals surface area contributed by atoms with Crippen molar-refractivity contribution in [3.8, 4) is 0 Å². The van der Waals surface area contributed by atoms with E-state index in [4.69, 9.17) is 16.0 Å². The van der Waals surface area contributed by atoms with E-state index in [-0.39, 0.29) is 5.38 Å². The van der Waals surface area contributed by atoms with Crippen LogP contribution in [0.5, 0.6) is 0 Å². The summed E-state index contributed by atoms with van der Waals surface area (Å²) in [6.45, 7) is 2.15. The van der Waals surface area contributed by atoms with E-state index in [1.54, 1.807) is 23.9 Å². The highest BCUT2D eigenvalue weighted by Crippen LogP contribution is 2.33. The second kappa shape index (κ2) is 4.20. The zero-order valence-electron chi connectivity index (χ0n) is 7.87. The van der Waals surface area contributed by atoms with E-state index in [1.165, 1.54) is 9.75 Å². The van der Waals surface area contributed by atoms with Crippen LogP contribution < -0.4 is 0 Å². The van der Waals surface area contributed by atoms with E-state index in [1.807, 2.05) is 6.07 Å². The van der Waals surface area contributed by atoms with Crippen molar-refractivity contribution in [2.24, 2.45) is 0 Å². The second-order valence-corrected chi connectivity index (χ2v) is 4.71. The number of thiophene rings is 1. The fourth-order valence-corrected chi connectivity index (χ4v) is 2.59. The molecule has 0 aliphatic heterocycles. The molecule has 0 aliphatic rings. The molecule has 0 amide bonds. The number of furan rings is 1. The summed E-state index contributed by atoms with van der Waals surface area (Å²) in [5, 5.41) is -0.0703. The summed E-state index contributed by atoms with van der Waals surface area (Å²) in [4.78, 5) is 2.55. The van der Waals surface area contributed by atoms with Gasteiger partial charge in [-0.3, -0.25) is 0 Å². The van der Waals surface area contributed by atoms with Gasteiger partial charge in [-0.05, 0) is 24.6 Å². The topological polar surface area (TPSA) is 13.1 Å². The van der Waals surface area contributed by atoms with Gasteiger partial charge in [-0.15, -0.1) is 22.9 Å². The van der Waals surface area contributed by atoms with E-state index in [2.05, 4.69) is 19.1 Å². The maximum absolute atomic E-state index is 6.29. The fraction of sp³-hybridized carbons (Fsp3) is 0.273. The molecule has 2 rings (SSSR count). The second-order valence-electron chi connectivity index (χ2n) is 3.08. The van der Waals surface area contributed by atoms with Gasteiger partial charge in [0.2, 0.25) is 0 Å². The highest BCUT2D eigenvalue weighted by Gasteiger charge is 2.13. The van der Waals surface area contributed by atoms with E-state index < -0.39 is 0 Å². The van der Waals surface area contributed by atoms with Gasteiger partial charge >= 0.3 is 0 Å². The van der Waals surface area contributed by atoms with Crippen LogP contribution in [0.2, 0.25) is 0 Å². The predicted octanol–water partition coefficient (Wildman–Crippen LogP) is 4.23. The molecule has 14 heavy (non-hydrogen) atoms. The first-order valence-corrected chi connectivity index (χ1v) is 5.81. The lowest BCUT2D eigenvalue weighted by Gasteiger charge is -2.02. The number of halogens is 1. The van der Waals surface area contributed by atoms with Crippen LogP contribution >= 0.6 is 22.9 Å². The number of hydrogen-bond acceptors (Lipinski definition) is 2. The first-order chi connectivity index (χ1) is 6.81. The third-order valence-corrected chi connectivity index (χ3v) is 4.03. The Kier molecular flexibility index (Phi) is 2.94. The molecular formula is C11H11ClOS. The molecule has 3 heteroatoms. The molecule has 0 saturated carbocycles. The lowest BCUT2D eigenvalue weighted by Crippen LogP contribution is -1.85. The van der Waals surface area contributed by atoms with Gasteiger partial charge in [-0.25, -0.2) is 0 Å². The summed E-state index contributed by atoms with van der Waals surface area (Å²) >= 11 is 8.06. The van der Waals surface area contributed by atoms with Crippen LogP contribution in [0.3, 0.4) is 0 Å². The molecule has 74 valence electrons. The average Bonchev–Trinajstić information content (AvgIpc) is 2.88. The Balaban J connectivity index is 2.23. The standard InChI is InChI=1S/C11H11ClOS/c1-2-9-3-4-10(14-9)11(12)8-5-6-13-7-8/h3-7,11H,2H2,1H3. The predicted molar refractivity (Wildman–Crippen MR) is 60.1 cm³/mol. The first-order valence-electron chi connectivity index (χ1n) is 4.56. The van der Waals surface area contributed by atoms with E-state index >= 15 is 0 Å². The number of alkyl halides is 1. The van der Waals surface area contributed by atoms with E-state index in [9.17, 15) is 0 Å². The maximum Gasteiger partial charge on any atom is 0.0958 e. The number of aryl methyl sites for hydroxylation is 1. The van der Waals surface area contributed by atoms with Crippen molar-refractivity contribution < 1.29 is 4.42 Å². The third-order valence-electron chi connectivity index (χ3n) is 2.12. The summed E-state index contributed by atoms with van der Waals surface area (Å²) in [5.74, 6) is 0. The zero-order chi connectivity index (χ0) is 9.97. The number of hydrogen-bond donors (Lipinski definition) is 0. The van der Waals surface area contributed by atoms with E-state index in [0.717, 1.165) is 12.0 Å². The molecule has 0 spiro atoms. The van der Waals surface area contributed by atoms with Crippen LogP contribution in [0.25, 0.3) is 0 Å². The van der Waals surface area contributed by atoms with Crippen LogP contribution in [-0.2, 0) is 6.42 Å². The summed E-state index contributed by atoms with van der Waals surface area (Å²) < 4.78 is 5.01. The van der Waals surface area contributed by atoms with Gasteiger partial charge in [0.1, 0.15) is 0 Å². The molecule has 0 aromatic carbocycles. The quantitative estimate of drug-likeness (QED) is 0.714. The minimum atomic E-state index is -0.0703. The SMILES string of the molecule is CCc1ccc(C(Cl)c2ccoc2)s1. The number of rotatable bonds is 3. The Hall–Kier alpha value is -0.730. The Morgan fingerprint density at radius 1 is 1.43 bits per heavy atom. The molecule has 2 aromatic heterocycles. The zero-order valence-corrected chi connectivity index (χ0v) is 9.44. The molecular weight excluding hydrogens is 216 g/mol. The van der Waals surface area contributed by atoms with Crippen LogP contribution in [0.4, 0.5) is 0 Å². The maximum atomic E-state index is 6.29. The minimum Gasteiger partial charge on any atom is -0.472 e. The third kappa shape index (κ3) is 1.86.